The van der Waals surface area contributed by atoms with Crippen LogP contribution in [0.4, 0.5) is 0 Å². The minimum atomic E-state index is 0.152. The summed E-state index contributed by atoms with van der Waals surface area (Å²) in [5, 5.41) is 12.6. The summed E-state index contributed by atoms with van der Waals surface area (Å²) in [4.78, 5) is 0. The van der Waals surface area contributed by atoms with Gasteiger partial charge in [-0.05, 0) is 31.6 Å². The van der Waals surface area contributed by atoms with Gasteiger partial charge in [0, 0.05) is 12.6 Å². The number of nitrogens with zero attached hydrogens (tertiary/aromatic N) is 1. The van der Waals surface area contributed by atoms with Crippen molar-refractivity contribution in [3.63, 3.8) is 0 Å². The summed E-state index contributed by atoms with van der Waals surface area (Å²) in [6.07, 6.45) is 12.8. The summed E-state index contributed by atoms with van der Waals surface area (Å²) in [5.41, 5.74) is 0. The van der Waals surface area contributed by atoms with E-state index >= 15 is 0 Å². The van der Waals surface area contributed by atoms with Gasteiger partial charge >= 0.3 is 0 Å². The fourth-order valence-electron chi connectivity index (χ4n) is 3.91. The molecule has 0 aromatic rings. The first-order valence-electron chi connectivity index (χ1n) is 7.94. The Morgan fingerprint density at radius 1 is 1.06 bits per heavy atom. The van der Waals surface area contributed by atoms with Crippen LogP contribution in [-0.2, 0) is 0 Å². The average molecular weight is 248 g/mol. The third-order valence-electron chi connectivity index (χ3n) is 4.98. The van der Waals surface area contributed by atoms with Crippen molar-refractivity contribution in [2.75, 3.05) is 6.54 Å². The van der Waals surface area contributed by atoms with Crippen LogP contribution >= 0.6 is 0 Å². The van der Waals surface area contributed by atoms with Gasteiger partial charge in [0.15, 0.2) is 0 Å². The highest BCUT2D eigenvalue weighted by molar-refractivity contribution is 4.89. The number of hydrogen-bond donors (Lipinski definition) is 1. The van der Waals surface area contributed by atoms with Gasteiger partial charge in [0.2, 0.25) is 0 Å². The molecule has 0 aromatic carbocycles. The molecule has 2 nitrogen and oxygen atoms in total. The van der Waals surface area contributed by atoms with Crippen LogP contribution in [0.2, 0.25) is 0 Å². The Balaban J connectivity index is 1.86. The highest BCUT2D eigenvalue weighted by Gasteiger charge is 2.32. The van der Waals surface area contributed by atoms with Gasteiger partial charge < -0.3 is 5.32 Å². The third-order valence-corrected chi connectivity index (χ3v) is 4.98. The molecule has 0 saturated heterocycles. The fraction of sp³-hybridized carbons (Fsp3) is 0.938. The molecule has 0 heterocycles. The van der Waals surface area contributed by atoms with Crippen molar-refractivity contribution >= 4 is 0 Å². The third kappa shape index (κ3) is 3.72. The van der Waals surface area contributed by atoms with Gasteiger partial charge in [-0.15, -0.1) is 0 Å². The molecule has 2 rings (SSSR count). The Kier molecular flexibility index (Phi) is 5.50. The molecule has 3 atom stereocenters. The predicted octanol–water partition coefficient (Wildman–Crippen LogP) is 3.87. The van der Waals surface area contributed by atoms with Crippen LogP contribution in [0.15, 0.2) is 0 Å². The summed E-state index contributed by atoms with van der Waals surface area (Å²) < 4.78 is 0. The van der Waals surface area contributed by atoms with Crippen LogP contribution in [0.3, 0.4) is 0 Å². The Labute approximate surface area is 112 Å². The second-order valence-corrected chi connectivity index (χ2v) is 6.39. The van der Waals surface area contributed by atoms with Gasteiger partial charge in [-0.2, -0.15) is 5.26 Å². The van der Waals surface area contributed by atoms with Gasteiger partial charge in [-0.3, -0.25) is 0 Å². The molecule has 0 spiro atoms. The minimum Gasteiger partial charge on any atom is -0.312 e. The van der Waals surface area contributed by atoms with Crippen molar-refractivity contribution in [1.29, 1.82) is 5.26 Å². The van der Waals surface area contributed by atoms with E-state index in [1.165, 1.54) is 57.8 Å². The Bertz CT molecular complexity index is 275. The van der Waals surface area contributed by atoms with Crippen LogP contribution in [0.1, 0.15) is 64.7 Å². The lowest BCUT2D eigenvalue weighted by Gasteiger charge is -2.39. The molecule has 18 heavy (non-hydrogen) atoms. The van der Waals surface area contributed by atoms with Gasteiger partial charge in [0.25, 0.3) is 0 Å². The lowest BCUT2D eigenvalue weighted by molar-refractivity contribution is 0.149. The molecule has 2 saturated carbocycles. The van der Waals surface area contributed by atoms with Gasteiger partial charge in [-0.25, -0.2) is 0 Å². The van der Waals surface area contributed by atoms with E-state index in [0.29, 0.717) is 6.04 Å². The standard InChI is InChI=1S/C16H28N2/c1-13(11-17)12-18-16-10-6-5-9-15(16)14-7-3-2-4-8-14/h13-16,18H,2-10,12H2,1H3. The summed E-state index contributed by atoms with van der Waals surface area (Å²) in [5.74, 6) is 2.01. The van der Waals surface area contributed by atoms with Crippen LogP contribution in [0.5, 0.6) is 0 Å². The lowest BCUT2D eigenvalue weighted by atomic mass is 9.71. The fourth-order valence-corrected chi connectivity index (χ4v) is 3.91. The second-order valence-electron chi connectivity index (χ2n) is 6.39. The van der Waals surface area contributed by atoms with E-state index in [2.05, 4.69) is 11.4 Å². The molecule has 2 heteroatoms. The van der Waals surface area contributed by atoms with E-state index in [0.717, 1.165) is 18.4 Å². The molecular weight excluding hydrogens is 220 g/mol. The van der Waals surface area contributed by atoms with E-state index in [9.17, 15) is 0 Å². The molecule has 0 bridgehead atoms. The molecule has 0 aliphatic heterocycles. The van der Waals surface area contributed by atoms with E-state index in [4.69, 9.17) is 5.26 Å². The topological polar surface area (TPSA) is 35.8 Å². The quantitative estimate of drug-likeness (QED) is 0.819. The van der Waals surface area contributed by atoms with Crippen molar-refractivity contribution in [3.05, 3.63) is 0 Å². The SMILES string of the molecule is CC(C#N)CNC1CCCCC1C1CCCCC1. The molecule has 0 radical (unpaired) electrons. The first-order chi connectivity index (χ1) is 8.81. The lowest BCUT2D eigenvalue weighted by Crippen LogP contribution is -2.43. The summed E-state index contributed by atoms with van der Waals surface area (Å²) in [6.45, 7) is 2.90. The molecule has 0 amide bonds. The number of hydrogen-bond acceptors (Lipinski definition) is 2. The van der Waals surface area contributed by atoms with Crippen LogP contribution in [-0.4, -0.2) is 12.6 Å². The number of nitrogens with one attached hydrogen (secondary N) is 1. The van der Waals surface area contributed by atoms with E-state index in [1.54, 1.807) is 0 Å². The van der Waals surface area contributed by atoms with Crippen molar-refractivity contribution in [2.45, 2.75) is 70.8 Å². The first kappa shape index (κ1) is 13.9. The van der Waals surface area contributed by atoms with Gasteiger partial charge in [-0.1, -0.05) is 44.9 Å². The predicted molar refractivity (Wildman–Crippen MR) is 75.1 cm³/mol. The Hall–Kier alpha value is -0.550. The molecule has 2 aliphatic carbocycles. The first-order valence-corrected chi connectivity index (χ1v) is 7.94. The summed E-state index contributed by atoms with van der Waals surface area (Å²) in [7, 11) is 0. The highest BCUT2D eigenvalue weighted by atomic mass is 14.9. The van der Waals surface area contributed by atoms with Crippen LogP contribution < -0.4 is 5.32 Å². The minimum absolute atomic E-state index is 0.152. The van der Waals surface area contributed by atoms with E-state index in [1.807, 2.05) is 6.92 Å². The second kappa shape index (κ2) is 7.14. The largest absolute Gasteiger partial charge is 0.312 e. The highest BCUT2D eigenvalue weighted by Crippen LogP contribution is 2.38. The maximum absolute atomic E-state index is 8.89. The zero-order chi connectivity index (χ0) is 12.8. The zero-order valence-electron chi connectivity index (χ0n) is 11.8. The van der Waals surface area contributed by atoms with Gasteiger partial charge in [0.05, 0.1) is 12.0 Å². The molecule has 2 fully saturated rings. The van der Waals surface area contributed by atoms with Crippen molar-refractivity contribution in [1.82, 2.24) is 5.32 Å². The summed E-state index contributed by atoms with van der Waals surface area (Å²) >= 11 is 0. The van der Waals surface area contributed by atoms with Crippen molar-refractivity contribution < 1.29 is 0 Å². The molecule has 102 valence electrons. The zero-order valence-corrected chi connectivity index (χ0v) is 11.8. The Morgan fingerprint density at radius 3 is 2.44 bits per heavy atom. The summed E-state index contributed by atoms with van der Waals surface area (Å²) in [6, 6.07) is 3.03. The monoisotopic (exact) mass is 248 g/mol. The smallest absolute Gasteiger partial charge is 0.0666 e. The Morgan fingerprint density at radius 2 is 1.72 bits per heavy atom. The van der Waals surface area contributed by atoms with Crippen molar-refractivity contribution in [3.8, 4) is 6.07 Å². The molecule has 0 aromatic heterocycles. The molecular formula is C16H28N2. The number of rotatable bonds is 4. The molecule has 1 N–H and O–H groups in total. The maximum atomic E-state index is 8.89. The van der Waals surface area contributed by atoms with Gasteiger partial charge in [0.1, 0.15) is 0 Å². The van der Waals surface area contributed by atoms with Crippen LogP contribution in [0, 0.1) is 29.1 Å². The number of nitriles is 1. The maximum Gasteiger partial charge on any atom is 0.0666 e. The van der Waals surface area contributed by atoms with E-state index in [-0.39, 0.29) is 5.92 Å². The normalized spacial score (nSPS) is 31.8. The van der Waals surface area contributed by atoms with E-state index < -0.39 is 0 Å². The van der Waals surface area contributed by atoms with Crippen LogP contribution in [0.25, 0.3) is 0 Å². The molecule has 3 unspecified atom stereocenters. The average Bonchev–Trinajstić information content (AvgIpc) is 2.46. The van der Waals surface area contributed by atoms with Crippen molar-refractivity contribution in [2.24, 2.45) is 17.8 Å². The molecule has 2 aliphatic rings.